The Morgan fingerprint density at radius 1 is 1.08 bits per heavy atom. The Balaban J connectivity index is 1.54. The number of hydrogen-bond donors (Lipinski definition) is 1. The Morgan fingerprint density at radius 2 is 1.82 bits per heavy atom. The van der Waals surface area contributed by atoms with Crippen molar-refractivity contribution in [2.75, 3.05) is 20.3 Å². The summed E-state index contributed by atoms with van der Waals surface area (Å²) in [5.74, 6) is 0.529. The predicted molar refractivity (Wildman–Crippen MR) is 134 cm³/mol. The van der Waals surface area contributed by atoms with E-state index >= 15 is 0 Å². The van der Waals surface area contributed by atoms with E-state index in [1.807, 2.05) is 13.0 Å². The molecule has 1 heterocycles. The van der Waals surface area contributed by atoms with Gasteiger partial charge in [0.15, 0.2) is 18.1 Å². The quantitative estimate of drug-likeness (QED) is 0.189. The largest absolute Gasteiger partial charge is 0.493 e. The zero-order valence-corrected chi connectivity index (χ0v) is 20.5. The van der Waals surface area contributed by atoms with E-state index in [9.17, 15) is 20.2 Å². The number of nitro groups is 1. The number of fused-ring (bicyclic) bond motifs is 1. The van der Waals surface area contributed by atoms with Crippen LogP contribution in [0.5, 0.6) is 28.7 Å². The van der Waals surface area contributed by atoms with Gasteiger partial charge < -0.3 is 29.4 Å². The van der Waals surface area contributed by atoms with Crippen molar-refractivity contribution in [3.8, 4) is 34.8 Å². The second kappa shape index (κ2) is 11.2. The summed E-state index contributed by atoms with van der Waals surface area (Å²) >= 11 is 0. The first-order valence-electron chi connectivity index (χ1n) is 11.4. The van der Waals surface area contributed by atoms with Crippen molar-refractivity contribution in [3.63, 3.8) is 0 Å². The maximum Gasteiger partial charge on any atom is 0.349 e. The molecule has 11 heteroatoms. The van der Waals surface area contributed by atoms with E-state index in [1.54, 1.807) is 24.3 Å². The van der Waals surface area contributed by atoms with E-state index < -0.39 is 23.4 Å². The molecule has 0 saturated heterocycles. The molecule has 0 fully saturated rings. The molecule has 1 unspecified atom stereocenters. The standard InChI is InChI=1S/C27H23N3O8/c1-3-35-22-11-4-16(12-24(22)34-2)26-20-10-9-19(13-23(20)38-27(29)21(26)14-28)37-25(31)15-36-18-7-5-17(6-8-18)30(32)33/h4-13,26H,3,15,29H2,1-2H3. The van der Waals surface area contributed by atoms with Crippen molar-refractivity contribution in [2.45, 2.75) is 12.8 Å². The predicted octanol–water partition coefficient (Wildman–Crippen LogP) is 4.20. The minimum Gasteiger partial charge on any atom is -0.493 e. The third kappa shape index (κ3) is 5.44. The van der Waals surface area contributed by atoms with Crippen molar-refractivity contribution in [1.82, 2.24) is 0 Å². The van der Waals surface area contributed by atoms with Gasteiger partial charge in [0.05, 0.1) is 24.6 Å². The SMILES string of the molecule is CCOc1ccc(C2C(C#N)=C(N)Oc3cc(OC(=O)COc4ccc([N+](=O)[O-])cc4)ccc32)cc1OC. The first-order valence-corrected chi connectivity index (χ1v) is 11.4. The number of nitro benzene ring substituents is 1. The number of esters is 1. The van der Waals surface area contributed by atoms with Crippen LogP contribution >= 0.6 is 0 Å². The fourth-order valence-corrected chi connectivity index (χ4v) is 3.95. The lowest BCUT2D eigenvalue weighted by Gasteiger charge is -2.27. The van der Waals surface area contributed by atoms with Crippen LogP contribution in [0, 0.1) is 21.4 Å². The third-order valence-electron chi connectivity index (χ3n) is 5.65. The summed E-state index contributed by atoms with van der Waals surface area (Å²) < 4.78 is 27.4. The summed E-state index contributed by atoms with van der Waals surface area (Å²) in [6.45, 7) is 1.91. The van der Waals surface area contributed by atoms with Crippen LogP contribution in [0.2, 0.25) is 0 Å². The van der Waals surface area contributed by atoms with Gasteiger partial charge in [0, 0.05) is 23.8 Å². The van der Waals surface area contributed by atoms with Crippen LogP contribution in [-0.4, -0.2) is 31.2 Å². The number of non-ortho nitro benzene ring substituents is 1. The van der Waals surface area contributed by atoms with Gasteiger partial charge in [-0.2, -0.15) is 5.26 Å². The normalized spacial score (nSPS) is 14.0. The molecule has 0 aromatic heterocycles. The second-order valence-electron chi connectivity index (χ2n) is 7.98. The minimum absolute atomic E-state index is 0.0668. The van der Waals surface area contributed by atoms with E-state index in [4.69, 9.17) is 29.4 Å². The number of carbonyl (C=O) groups excluding carboxylic acids is 1. The Bertz CT molecular complexity index is 1440. The maximum atomic E-state index is 12.3. The summed E-state index contributed by atoms with van der Waals surface area (Å²) in [6, 6.07) is 17.6. The molecule has 38 heavy (non-hydrogen) atoms. The van der Waals surface area contributed by atoms with Gasteiger partial charge in [0.25, 0.3) is 5.69 Å². The summed E-state index contributed by atoms with van der Waals surface area (Å²) in [4.78, 5) is 22.6. The van der Waals surface area contributed by atoms with Gasteiger partial charge in [-0.3, -0.25) is 10.1 Å². The van der Waals surface area contributed by atoms with Gasteiger partial charge in [-0.05, 0) is 42.8 Å². The van der Waals surface area contributed by atoms with E-state index in [0.29, 0.717) is 29.4 Å². The lowest BCUT2D eigenvalue weighted by atomic mass is 9.83. The number of carbonyl (C=O) groups is 1. The average molecular weight is 517 g/mol. The highest BCUT2D eigenvalue weighted by Crippen LogP contribution is 2.45. The van der Waals surface area contributed by atoms with Crippen LogP contribution in [0.4, 0.5) is 5.69 Å². The summed E-state index contributed by atoms with van der Waals surface area (Å²) in [5, 5.41) is 20.6. The topological polar surface area (TPSA) is 156 Å². The highest BCUT2D eigenvalue weighted by Gasteiger charge is 2.31. The van der Waals surface area contributed by atoms with Crippen molar-refractivity contribution in [1.29, 1.82) is 5.26 Å². The Labute approximate surface area is 217 Å². The van der Waals surface area contributed by atoms with E-state index in [0.717, 1.165) is 5.56 Å². The number of nitrogens with zero attached hydrogens (tertiary/aromatic N) is 2. The molecular weight excluding hydrogens is 494 g/mol. The summed E-state index contributed by atoms with van der Waals surface area (Å²) in [6.07, 6.45) is 0. The van der Waals surface area contributed by atoms with Gasteiger partial charge in [0.1, 0.15) is 28.9 Å². The summed E-state index contributed by atoms with van der Waals surface area (Å²) in [7, 11) is 1.53. The molecule has 0 bridgehead atoms. The van der Waals surface area contributed by atoms with E-state index in [2.05, 4.69) is 6.07 Å². The van der Waals surface area contributed by atoms with Crippen LogP contribution in [-0.2, 0) is 4.79 Å². The molecule has 11 nitrogen and oxygen atoms in total. The lowest BCUT2D eigenvalue weighted by Crippen LogP contribution is -2.21. The molecule has 0 saturated carbocycles. The summed E-state index contributed by atoms with van der Waals surface area (Å²) in [5.41, 5.74) is 7.59. The van der Waals surface area contributed by atoms with Crippen molar-refractivity contribution in [2.24, 2.45) is 5.73 Å². The van der Waals surface area contributed by atoms with Gasteiger partial charge in [-0.25, -0.2) is 4.79 Å². The van der Waals surface area contributed by atoms with E-state index in [1.165, 1.54) is 37.4 Å². The maximum absolute atomic E-state index is 12.3. The molecule has 1 aliphatic heterocycles. The van der Waals surface area contributed by atoms with Crippen molar-refractivity contribution in [3.05, 3.63) is 93.4 Å². The number of hydrogen-bond acceptors (Lipinski definition) is 10. The van der Waals surface area contributed by atoms with Crippen LogP contribution < -0.4 is 29.4 Å². The highest BCUT2D eigenvalue weighted by molar-refractivity contribution is 5.74. The van der Waals surface area contributed by atoms with Crippen molar-refractivity contribution < 1.29 is 33.4 Å². The number of nitrogens with two attached hydrogens (primary N) is 1. The zero-order valence-electron chi connectivity index (χ0n) is 20.5. The molecule has 3 aromatic rings. The van der Waals surface area contributed by atoms with Crippen LogP contribution in [0.15, 0.2) is 72.1 Å². The van der Waals surface area contributed by atoms with Gasteiger partial charge in [0.2, 0.25) is 5.88 Å². The molecule has 1 atom stereocenters. The molecule has 0 radical (unpaired) electrons. The molecule has 0 spiro atoms. The molecular formula is C27H23N3O8. The Hall–Kier alpha value is -5.24. The van der Waals surface area contributed by atoms with Gasteiger partial charge in [-0.1, -0.05) is 12.1 Å². The number of methoxy groups -OCH3 is 1. The number of allylic oxidation sites excluding steroid dienone is 1. The number of rotatable bonds is 9. The number of benzene rings is 3. The third-order valence-corrected chi connectivity index (χ3v) is 5.65. The molecule has 3 aromatic carbocycles. The van der Waals surface area contributed by atoms with Crippen LogP contribution in [0.25, 0.3) is 0 Å². The molecule has 4 rings (SSSR count). The zero-order chi connectivity index (χ0) is 27.2. The van der Waals surface area contributed by atoms with E-state index in [-0.39, 0.29) is 28.6 Å². The minimum atomic E-state index is -0.701. The molecule has 194 valence electrons. The van der Waals surface area contributed by atoms with Crippen LogP contribution in [0.1, 0.15) is 24.0 Å². The number of ether oxygens (including phenoxy) is 5. The molecule has 0 aliphatic carbocycles. The fraction of sp³-hybridized carbons (Fsp3) is 0.185. The molecule has 1 aliphatic rings. The first kappa shape index (κ1) is 25.8. The van der Waals surface area contributed by atoms with Crippen molar-refractivity contribution >= 4 is 11.7 Å². The monoisotopic (exact) mass is 517 g/mol. The molecule has 0 amide bonds. The second-order valence-corrected chi connectivity index (χ2v) is 7.98. The Morgan fingerprint density at radius 3 is 2.47 bits per heavy atom. The van der Waals surface area contributed by atoms with Gasteiger partial charge in [-0.15, -0.1) is 0 Å². The Kier molecular flexibility index (Phi) is 7.63. The number of nitriles is 1. The smallest absolute Gasteiger partial charge is 0.349 e. The first-order chi connectivity index (χ1) is 18.3. The average Bonchev–Trinajstić information content (AvgIpc) is 2.91. The molecule has 2 N–H and O–H groups in total. The fourth-order valence-electron chi connectivity index (χ4n) is 3.95. The van der Waals surface area contributed by atoms with Crippen LogP contribution in [0.3, 0.4) is 0 Å². The highest BCUT2D eigenvalue weighted by atomic mass is 16.6. The lowest BCUT2D eigenvalue weighted by molar-refractivity contribution is -0.384. The van der Waals surface area contributed by atoms with Gasteiger partial charge >= 0.3 is 5.97 Å².